The number of fused-ring (bicyclic) bond motifs is 2. The summed E-state index contributed by atoms with van der Waals surface area (Å²) in [4.78, 5) is 7.08. The van der Waals surface area contributed by atoms with E-state index in [-0.39, 0.29) is 10.8 Å². The monoisotopic (exact) mass is 412 g/mol. The molecule has 31 heavy (non-hydrogen) atoms. The van der Waals surface area contributed by atoms with Gasteiger partial charge >= 0.3 is 0 Å². The second-order valence-corrected chi connectivity index (χ2v) is 9.10. The van der Waals surface area contributed by atoms with Crippen LogP contribution in [0.4, 0.5) is 11.4 Å². The number of hydrogen-bond donors (Lipinski definition) is 0. The fourth-order valence-electron chi connectivity index (χ4n) is 6.49. The van der Waals surface area contributed by atoms with E-state index in [1.165, 1.54) is 33.6 Å². The Morgan fingerprint density at radius 2 is 1.32 bits per heavy atom. The van der Waals surface area contributed by atoms with Crippen LogP contribution in [0, 0.1) is 6.92 Å². The second kappa shape index (κ2) is 8.15. The summed E-state index contributed by atoms with van der Waals surface area (Å²) in [6.45, 7) is 11.8. The fraction of sp³-hybridized carbons (Fsp3) is 0.414. The molecule has 2 heterocycles. The Hall–Kier alpha value is -2.61. The number of rotatable bonds is 5. The maximum atomic E-state index is 4.65. The zero-order chi connectivity index (χ0) is 22.2. The van der Waals surface area contributed by atoms with Gasteiger partial charge in [0.1, 0.15) is 0 Å². The quantitative estimate of drug-likeness (QED) is 0.422. The molecular formula is C29H36N2. The second-order valence-electron chi connectivity index (χ2n) is 9.10. The van der Waals surface area contributed by atoms with E-state index < -0.39 is 0 Å². The van der Waals surface area contributed by atoms with Gasteiger partial charge in [-0.25, -0.2) is 0 Å². The Kier molecular flexibility index (Phi) is 5.68. The minimum atomic E-state index is 0.0595. The van der Waals surface area contributed by atoms with Crippen molar-refractivity contribution in [3.63, 3.8) is 0 Å². The summed E-state index contributed by atoms with van der Waals surface area (Å²) in [7, 11) is 2.24. The maximum absolute atomic E-state index is 4.65. The van der Waals surface area contributed by atoms with Crippen molar-refractivity contribution in [2.75, 3.05) is 11.9 Å². The highest BCUT2D eigenvalue weighted by molar-refractivity contribution is 5.78. The molecule has 0 bridgehead atoms. The molecule has 3 aromatic rings. The standard InChI is InChI=1S/C29H36N2/c1-7-28(8-2)23-19-21(5)14-16-26(23)31(6)27-17-15-22(25-13-11-12-18-30-25)20-24(27)29(28,9-3)10-4/h11-20H,7-10H2,1-6H3. The highest BCUT2D eigenvalue weighted by Gasteiger charge is 2.52. The van der Waals surface area contributed by atoms with Crippen LogP contribution in [0.1, 0.15) is 70.1 Å². The van der Waals surface area contributed by atoms with E-state index in [9.17, 15) is 0 Å². The van der Waals surface area contributed by atoms with E-state index >= 15 is 0 Å². The third-order valence-corrected chi connectivity index (χ3v) is 8.19. The topological polar surface area (TPSA) is 16.1 Å². The van der Waals surface area contributed by atoms with E-state index in [1.54, 1.807) is 0 Å². The van der Waals surface area contributed by atoms with E-state index in [4.69, 9.17) is 0 Å². The third-order valence-electron chi connectivity index (χ3n) is 8.19. The van der Waals surface area contributed by atoms with Crippen molar-refractivity contribution in [3.8, 4) is 11.3 Å². The number of aryl methyl sites for hydroxylation is 1. The smallest absolute Gasteiger partial charge is 0.0702 e. The molecular weight excluding hydrogens is 376 g/mol. The van der Waals surface area contributed by atoms with E-state index in [1.807, 2.05) is 12.3 Å². The van der Waals surface area contributed by atoms with Crippen LogP contribution in [0.5, 0.6) is 0 Å². The van der Waals surface area contributed by atoms with Gasteiger partial charge in [0.05, 0.1) is 5.69 Å². The molecule has 2 heteroatoms. The minimum absolute atomic E-state index is 0.0595. The molecule has 0 fully saturated rings. The predicted molar refractivity (Wildman–Crippen MR) is 133 cm³/mol. The van der Waals surface area contributed by atoms with Crippen LogP contribution >= 0.6 is 0 Å². The predicted octanol–water partition coefficient (Wildman–Crippen LogP) is 7.95. The summed E-state index contributed by atoms with van der Waals surface area (Å²) >= 11 is 0. The first-order valence-electron chi connectivity index (χ1n) is 11.9. The molecule has 1 aromatic heterocycles. The minimum Gasteiger partial charge on any atom is -0.344 e. The lowest BCUT2D eigenvalue weighted by Crippen LogP contribution is -2.47. The van der Waals surface area contributed by atoms with Gasteiger partial charge in [0.2, 0.25) is 0 Å². The molecule has 0 spiro atoms. The zero-order valence-corrected chi connectivity index (χ0v) is 20.0. The summed E-state index contributed by atoms with van der Waals surface area (Å²) in [5.41, 5.74) is 9.42. The molecule has 1 aliphatic rings. The normalized spacial score (nSPS) is 16.4. The lowest BCUT2D eigenvalue weighted by molar-refractivity contribution is 0.180. The Labute approximate surface area is 188 Å². The summed E-state index contributed by atoms with van der Waals surface area (Å²) < 4.78 is 0. The van der Waals surface area contributed by atoms with Gasteiger partial charge in [0.15, 0.2) is 0 Å². The highest BCUT2D eigenvalue weighted by atomic mass is 15.1. The molecule has 1 aliphatic heterocycles. The molecule has 0 atom stereocenters. The Morgan fingerprint density at radius 1 is 0.742 bits per heavy atom. The number of benzene rings is 2. The van der Waals surface area contributed by atoms with E-state index in [0.717, 1.165) is 31.4 Å². The van der Waals surface area contributed by atoms with Crippen molar-refractivity contribution in [2.24, 2.45) is 0 Å². The lowest BCUT2D eigenvalue weighted by atomic mass is 9.52. The van der Waals surface area contributed by atoms with Crippen LogP contribution in [0.15, 0.2) is 60.8 Å². The van der Waals surface area contributed by atoms with Gasteiger partial charge in [0, 0.05) is 41.0 Å². The highest BCUT2D eigenvalue weighted by Crippen LogP contribution is 2.60. The number of nitrogens with zero attached hydrogens (tertiary/aromatic N) is 2. The van der Waals surface area contributed by atoms with Gasteiger partial charge in [-0.1, -0.05) is 57.5 Å². The third kappa shape index (κ3) is 3.03. The average Bonchev–Trinajstić information content (AvgIpc) is 2.89. The van der Waals surface area contributed by atoms with Gasteiger partial charge in [-0.15, -0.1) is 0 Å². The number of pyridine rings is 1. The summed E-state index contributed by atoms with van der Waals surface area (Å²) in [6.07, 6.45) is 6.38. The summed E-state index contributed by atoms with van der Waals surface area (Å²) in [6, 6.07) is 20.3. The number of aromatic nitrogens is 1. The molecule has 0 aliphatic carbocycles. The van der Waals surface area contributed by atoms with Crippen molar-refractivity contribution in [1.29, 1.82) is 0 Å². The molecule has 0 N–H and O–H groups in total. The first-order valence-corrected chi connectivity index (χ1v) is 11.9. The SMILES string of the molecule is CCC1(CC)c2cc(C)ccc2N(C)c2ccc(-c3ccccn3)cc2C1(CC)CC. The van der Waals surface area contributed by atoms with Gasteiger partial charge in [-0.2, -0.15) is 0 Å². The van der Waals surface area contributed by atoms with Crippen LogP contribution in [-0.2, 0) is 10.8 Å². The maximum Gasteiger partial charge on any atom is 0.0702 e. The Balaban J connectivity index is 2.11. The van der Waals surface area contributed by atoms with Crippen LogP contribution < -0.4 is 4.90 Å². The van der Waals surface area contributed by atoms with Gasteiger partial charge in [0.25, 0.3) is 0 Å². The summed E-state index contributed by atoms with van der Waals surface area (Å²) in [5.74, 6) is 0. The molecule has 2 nitrogen and oxygen atoms in total. The van der Waals surface area contributed by atoms with Crippen molar-refractivity contribution in [3.05, 3.63) is 77.5 Å². The lowest BCUT2D eigenvalue weighted by Gasteiger charge is -2.51. The van der Waals surface area contributed by atoms with Gasteiger partial charge < -0.3 is 4.90 Å². The fourth-order valence-corrected chi connectivity index (χ4v) is 6.49. The van der Waals surface area contributed by atoms with Crippen LogP contribution in [0.2, 0.25) is 0 Å². The number of anilines is 2. The van der Waals surface area contributed by atoms with Crippen molar-refractivity contribution in [1.82, 2.24) is 4.98 Å². The van der Waals surface area contributed by atoms with E-state index in [2.05, 4.69) is 100 Å². The van der Waals surface area contributed by atoms with Crippen molar-refractivity contribution >= 4 is 11.4 Å². The van der Waals surface area contributed by atoms with Crippen LogP contribution in [0.25, 0.3) is 11.3 Å². The molecule has 2 aromatic carbocycles. The van der Waals surface area contributed by atoms with Gasteiger partial charge in [-0.05, 0) is 74.1 Å². The molecule has 0 amide bonds. The van der Waals surface area contributed by atoms with Gasteiger partial charge in [-0.3, -0.25) is 4.98 Å². The summed E-state index contributed by atoms with van der Waals surface area (Å²) in [5, 5.41) is 0. The molecule has 162 valence electrons. The molecule has 0 radical (unpaired) electrons. The van der Waals surface area contributed by atoms with Crippen LogP contribution in [0.3, 0.4) is 0 Å². The average molecular weight is 413 g/mol. The zero-order valence-electron chi connectivity index (χ0n) is 20.0. The largest absolute Gasteiger partial charge is 0.344 e. The first-order chi connectivity index (χ1) is 15.0. The molecule has 0 saturated carbocycles. The number of hydrogen-bond acceptors (Lipinski definition) is 2. The first kappa shape index (κ1) is 21.6. The molecule has 0 saturated heterocycles. The van der Waals surface area contributed by atoms with Crippen LogP contribution in [-0.4, -0.2) is 12.0 Å². The molecule has 0 unspecified atom stereocenters. The van der Waals surface area contributed by atoms with E-state index in [0.29, 0.717) is 0 Å². The van der Waals surface area contributed by atoms with Crippen molar-refractivity contribution < 1.29 is 0 Å². The molecule has 4 rings (SSSR count). The van der Waals surface area contributed by atoms with Crippen molar-refractivity contribution in [2.45, 2.75) is 71.1 Å². The Morgan fingerprint density at radius 3 is 1.87 bits per heavy atom. The Bertz CT molecular complexity index is 1060.